The Bertz CT molecular complexity index is 468. The third-order valence-corrected chi connectivity index (χ3v) is 2.73. The van der Waals surface area contributed by atoms with Gasteiger partial charge < -0.3 is 14.9 Å². The maximum absolute atomic E-state index is 6.06. The molecule has 0 saturated carbocycles. The van der Waals surface area contributed by atoms with E-state index in [0.717, 1.165) is 11.1 Å². The van der Waals surface area contributed by atoms with Crippen LogP contribution < -0.4 is 10.5 Å². The minimum atomic E-state index is -0.234. The molecule has 1 unspecified atom stereocenters. The van der Waals surface area contributed by atoms with Crippen LogP contribution in [0.3, 0.4) is 0 Å². The number of methoxy groups -OCH3 is 1. The lowest BCUT2D eigenvalue weighted by atomic mass is 10.0. The highest BCUT2D eigenvalue weighted by atomic mass is 35.5. The number of nitrogens with two attached hydrogens (primary N) is 1. The summed E-state index contributed by atoms with van der Waals surface area (Å²) in [5, 5.41) is 0.555. The van der Waals surface area contributed by atoms with Crippen molar-refractivity contribution in [1.82, 2.24) is 0 Å². The standard InChI is InChI=1S/C12H12ClNO2/c1-15-11-3-2-8(6-10(11)13)12(14)9-4-5-16-7-9/h2-7,12H,14H2,1H3. The third-order valence-electron chi connectivity index (χ3n) is 2.44. The summed E-state index contributed by atoms with van der Waals surface area (Å²) in [5.41, 5.74) is 7.90. The van der Waals surface area contributed by atoms with Crippen LogP contribution in [0, 0.1) is 0 Å². The fourth-order valence-corrected chi connectivity index (χ4v) is 1.79. The van der Waals surface area contributed by atoms with Crippen molar-refractivity contribution in [3.63, 3.8) is 0 Å². The molecule has 0 fully saturated rings. The molecule has 1 aromatic carbocycles. The quantitative estimate of drug-likeness (QED) is 0.893. The number of halogens is 1. The zero-order valence-electron chi connectivity index (χ0n) is 8.81. The van der Waals surface area contributed by atoms with Gasteiger partial charge >= 0.3 is 0 Å². The van der Waals surface area contributed by atoms with E-state index < -0.39 is 0 Å². The Balaban J connectivity index is 2.31. The molecule has 0 aliphatic heterocycles. The van der Waals surface area contributed by atoms with Gasteiger partial charge in [-0.15, -0.1) is 0 Å². The molecule has 0 aliphatic rings. The van der Waals surface area contributed by atoms with Gasteiger partial charge in [-0.2, -0.15) is 0 Å². The molecule has 1 aromatic heterocycles. The molecule has 2 N–H and O–H groups in total. The molecule has 0 spiro atoms. The van der Waals surface area contributed by atoms with Crippen molar-refractivity contribution in [1.29, 1.82) is 0 Å². The molecule has 3 nitrogen and oxygen atoms in total. The van der Waals surface area contributed by atoms with E-state index in [1.807, 2.05) is 12.1 Å². The van der Waals surface area contributed by atoms with Gasteiger partial charge in [0.15, 0.2) is 0 Å². The molecular weight excluding hydrogens is 226 g/mol. The Morgan fingerprint density at radius 2 is 2.12 bits per heavy atom. The molecule has 0 radical (unpaired) electrons. The van der Waals surface area contributed by atoms with Gasteiger partial charge in [0.2, 0.25) is 0 Å². The van der Waals surface area contributed by atoms with Crippen LogP contribution in [0.25, 0.3) is 0 Å². The Hall–Kier alpha value is -1.45. The average molecular weight is 238 g/mol. The summed E-state index contributed by atoms with van der Waals surface area (Å²) in [5.74, 6) is 0.643. The number of rotatable bonds is 3. The molecule has 0 saturated heterocycles. The van der Waals surface area contributed by atoms with Crippen LogP contribution in [0.15, 0.2) is 41.2 Å². The Morgan fingerprint density at radius 3 is 2.69 bits per heavy atom. The zero-order valence-corrected chi connectivity index (χ0v) is 9.57. The molecule has 16 heavy (non-hydrogen) atoms. The summed E-state index contributed by atoms with van der Waals surface area (Å²) in [6.07, 6.45) is 3.23. The molecule has 4 heteroatoms. The van der Waals surface area contributed by atoms with Crippen LogP contribution in [0.1, 0.15) is 17.2 Å². The van der Waals surface area contributed by atoms with Crippen LogP contribution in [0.2, 0.25) is 5.02 Å². The van der Waals surface area contributed by atoms with Crippen LogP contribution in [0.5, 0.6) is 5.75 Å². The topological polar surface area (TPSA) is 48.4 Å². The largest absolute Gasteiger partial charge is 0.495 e. The van der Waals surface area contributed by atoms with E-state index in [2.05, 4.69) is 0 Å². The molecular formula is C12H12ClNO2. The highest BCUT2D eigenvalue weighted by molar-refractivity contribution is 6.32. The van der Waals surface area contributed by atoms with Gasteiger partial charge in [-0.25, -0.2) is 0 Å². The van der Waals surface area contributed by atoms with Crippen molar-refractivity contribution in [2.45, 2.75) is 6.04 Å². The Kier molecular flexibility index (Phi) is 3.17. The zero-order chi connectivity index (χ0) is 11.5. The fraction of sp³-hybridized carbons (Fsp3) is 0.167. The van der Waals surface area contributed by atoms with E-state index >= 15 is 0 Å². The predicted molar refractivity (Wildman–Crippen MR) is 62.7 cm³/mol. The first-order chi connectivity index (χ1) is 7.72. The summed E-state index contributed by atoms with van der Waals surface area (Å²) in [4.78, 5) is 0. The van der Waals surface area contributed by atoms with Crippen LogP contribution >= 0.6 is 11.6 Å². The van der Waals surface area contributed by atoms with Gasteiger partial charge in [-0.3, -0.25) is 0 Å². The summed E-state index contributed by atoms with van der Waals surface area (Å²) < 4.78 is 10.1. The number of hydrogen-bond acceptors (Lipinski definition) is 3. The van der Waals surface area contributed by atoms with E-state index in [0.29, 0.717) is 10.8 Å². The summed E-state index contributed by atoms with van der Waals surface area (Å²) in [6, 6.07) is 7.10. The highest BCUT2D eigenvalue weighted by Gasteiger charge is 2.11. The predicted octanol–water partition coefficient (Wildman–Crippen LogP) is 2.99. The first kappa shape index (κ1) is 11.0. The van der Waals surface area contributed by atoms with Crippen LogP contribution in [-0.2, 0) is 0 Å². The number of hydrogen-bond donors (Lipinski definition) is 1. The lowest BCUT2D eigenvalue weighted by Crippen LogP contribution is -2.10. The van der Waals surface area contributed by atoms with E-state index in [-0.39, 0.29) is 6.04 Å². The van der Waals surface area contributed by atoms with E-state index in [4.69, 9.17) is 26.5 Å². The van der Waals surface area contributed by atoms with Gasteiger partial charge in [-0.1, -0.05) is 17.7 Å². The monoisotopic (exact) mass is 237 g/mol. The van der Waals surface area contributed by atoms with Gasteiger partial charge in [0, 0.05) is 5.56 Å². The number of furan rings is 1. The smallest absolute Gasteiger partial charge is 0.137 e. The normalized spacial score (nSPS) is 12.4. The van der Waals surface area contributed by atoms with Gasteiger partial charge in [0.25, 0.3) is 0 Å². The summed E-state index contributed by atoms with van der Waals surface area (Å²) in [7, 11) is 1.58. The van der Waals surface area contributed by atoms with Crippen LogP contribution in [-0.4, -0.2) is 7.11 Å². The van der Waals surface area contributed by atoms with Crippen molar-refractivity contribution >= 4 is 11.6 Å². The second kappa shape index (κ2) is 4.60. The van der Waals surface area contributed by atoms with E-state index in [9.17, 15) is 0 Å². The molecule has 0 aliphatic carbocycles. The molecule has 84 valence electrons. The molecule has 2 rings (SSSR count). The van der Waals surface area contributed by atoms with Crippen LogP contribution in [0.4, 0.5) is 0 Å². The maximum atomic E-state index is 6.06. The summed E-state index contributed by atoms with van der Waals surface area (Å²) >= 11 is 6.03. The van der Waals surface area contributed by atoms with E-state index in [1.165, 1.54) is 0 Å². The Morgan fingerprint density at radius 1 is 1.31 bits per heavy atom. The van der Waals surface area contributed by atoms with Crippen molar-refractivity contribution in [3.05, 3.63) is 52.9 Å². The van der Waals surface area contributed by atoms with Crippen molar-refractivity contribution in [2.24, 2.45) is 5.73 Å². The molecule has 1 atom stereocenters. The highest BCUT2D eigenvalue weighted by Crippen LogP contribution is 2.29. The third kappa shape index (κ3) is 2.05. The van der Waals surface area contributed by atoms with Crippen molar-refractivity contribution in [3.8, 4) is 5.75 Å². The van der Waals surface area contributed by atoms with Crippen molar-refractivity contribution < 1.29 is 9.15 Å². The number of ether oxygens (including phenoxy) is 1. The van der Waals surface area contributed by atoms with Crippen molar-refractivity contribution in [2.75, 3.05) is 7.11 Å². The minimum Gasteiger partial charge on any atom is -0.495 e. The van der Waals surface area contributed by atoms with Gasteiger partial charge in [-0.05, 0) is 23.8 Å². The van der Waals surface area contributed by atoms with Gasteiger partial charge in [0.1, 0.15) is 5.75 Å². The summed E-state index contributed by atoms with van der Waals surface area (Å²) in [6.45, 7) is 0. The lowest BCUT2D eigenvalue weighted by Gasteiger charge is -2.11. The Labute approximate surface area is 98.8 Å². The molecule has 2 aromatic rings. The maximum Gasteiger partial charge on any atom is 0.137 e. The molecule has 0 bridgehead atoms. The first-order valence-corrected chi connectivity index (χ1v) is 5.21. The first-order valence-electron chi connectivity index (χ1n) is 4.83. The second-order valence-corrected chi connectivity index (χ2v) is 3.84. The van der Waals surface area contributed by atoms with Gasteiger partial charge in [0.05, 0.1) is 30.7 Å². The average Bonchev–Trinajstić information content (AvgIpc) is 2.81. The molecule has 1 heterocycles. The number of benzene rings is 1. The minimum absolute atomic E-state index is 0.234. The SMILES string of the molecule is COc1ccc(C(N)c2ccoc2)cc1Cl. The lowest BCUT2D eigenvalue weighted by molar-refractivity contribution is 0.415. The fourth-order valence-electron chi connectivity index (χ4n) is 1.52. The van der Waals surface area contributed by atoms with E-state index in [1.54, 1.807) is 31.8 Å². The second-order valence-electron chi connectivity index (χ2n) is 3.43. The molecule has 0 amide bonds.